The van der Waals surface area contributed by atoms with Gasteiger partial charge in [0.05, 0.1) is 18.4 Å². The lowest BCUT2D eigenvalue weighted by Gasteiger charge is -2.19. The van der Waals surface area contributed by atoms with Gasteiger partial charge in [0.2, 0.25) is 5.89 Å². The van der Waals surface area contributed by atoms with Crippen LogP contribution in [0.1, 0.15) is 17.0 Å². The van der Waals surface area contributed by atoms with Gasteiger partial charge < -0.3 is 13.9 Å². The molecular weight excluding hydrogens is 340 g/mol. The van der Waals surface area contributed by atoms with Gasteiger partial charge in [0, 0.05) is 19.5 Å². The fourth-order valence-corrected chi connectivity index (χ4v) is 3.53. The summed E-state index contributed by atoms with van der Waals surface area (Å²) in [7, 11) is 3.74. The smallest absolute Gasteiger partial charge is 0.230 e. The first kappa shape index (κ1) is 17.6. The van der Waals surface area contributed by atoms with E-state index in [1.165, 1.54) is 5.56 Å². The van der Waals surface area contributed by atoms with Crippen LogP contribution in [0.2, 0.25) is 0 Å². The van der Waals surface area contributed by atoms with Crippen LogP contribution < -0.4 is 9.47 Å². The van der Waals surface area contributed by atoms with Gasteiger partial charge in [0.15, 0.2) is 0 Å². The zero-order valence-corrected chi connectivity index (χ0v) is 15.9. The van der Waals surface area contributed by atoms with Crippen molar-refractivity contribution in [2.45, 2.75) is 26.0 Å². The van der Waals surface area contributed by atoms with Gasteiger partial charge >= 0.3 is 0 Å². The number of hydrogen-bond acceptors (Lipinski definition) is 5. The van der Waals surface area contributed by atoms with Crippen LogP contribution in [0.3, 0.4) is 0 Å². The molecule has 2 aromatic carbocycles. The Labute approximate surface area is 159 Å². The third-order valence-corrected chi connectivity index (χ3v) is 4.88. The molecule has 1 aliphatic heterocycles. The molecule has 0 spiro atoms. The molecule has 3 aromatic rings. The number of methoxy groups -OCH3 is 1. The fourth-order valence-electron chi connectivity index (χ4n) is 3.53. The van der Waals surface area contributed by atoms with Crippen molar-refractivity contribution < 1.29 is 13.9 Å². The largest absolute Gasteiger partial charge is 0.496 e. The standard InChI is InChI=1S/C22H24N2O3/c1-15-19(23-22(26-15)18-9-5-7-11-21(18)25-3)14-24(2)13-17-12-16-8-4-6-10-20(16)27-17/h4-11,17H,12-14H2,1-3H3/t17-/m1/s1. The summed E-state index contributed by atoms with van der Waals surface area (Å²) in [6, 6.07) is 16.0. The molecule has 140 valence electrons. The van der Waals surface area contributed by atoms with Crippen molar-refractivity contribution in [1.82, 2.24) is 9.88 Å². The molecule has 5 heteroatoms. The third kappa shape index (κ3) is 3.69. The van der Waals surface area contributed by atoms with Crippen molar-refractivity contribution in [2.24, 2.45) is 0 Å². The summed E-state index contributed by atoms with van der Waals surface area (Å²) < 4.78 is 17.4. The predicted octanol–water partition coefficient (Wildman–Crippen LogP) is 4.09. The van der Waals surface area contributed by atoms with Crippen LogP contribution in [0, 0.1) is 6.92 Å². The lowest BCUT2D eigenvalue weighted by atomic mass is 10.1. The second-order valence-electron chi connectivity index (χ2n) is 6.97. The van der Waals surface area contributed by atoms with E-state index in [1.807, 2.05) is 43.3 Å². The number of para-hydroxylation sites is 2. The second-order valence-corrected chi connectivity index (χ2v) is 6.97. The average Bonchev–Trinajstić information content (AvgIpc) is 3.24. The number of benzene rings is 2. The van der Waals surface area contributed by atoms with Crippen molar-refractivity contribution in [1.29, 1.82) is 0 Å². The predicted molar refractivity (Wildman–Crippen MR) is 104 cm³/mol. The monoisotopic (exact) mass is 364 g/mol. The highest BCUT2D eigenvalue weighted by molar-refractivity contribution is 5.62. The van der Waals surface area contributed by atoms with Crippen LogP contribution >= 0.6 is 0 Å². The lowest BCUT2D eigenvalue weighted by Crippen LogP contribution is -2.31. The minimum Gasteiger partial charge on any atom is -0.496 e. The Kier molecular flexibility index (Phi) is 4.86. The van der Waals surface area contributed by atoms with Crippen LogP contribution in [0.4, 0.5) is 0 Å². The summed E-state index contributed by atoms with van der Waals surface area (Å²) in [6.07, 6.45) is 1.12. The van der Waals surface area contributed by atoms with Crippen molar-refractivity contribution in [2.75, 3.05) is 20.7 Å². The maximum atomic E-state index is 6.05. The molecule has 2 heterocycles. The first-order valence-corrected chi connectivity index (χ1v) is 9.17. The Bertz CT molecular complexity index is 910. The maximum absolute atomic E-state index is 6.05. The number of oxazole rings is 1. The summed E-state index contributed by atoms with van der Waals surface area (Å²) in [5.41, 5.74) is 3.09. The molecule has 0 amide bonds. The van der Waals surface area contributed by atoms with Gasteiger partial charge in [0.25, 0.3) is 0 Å². The SMILES string of the molecule is COc1ccccc1-c1nc(CN(C)C[C@H]2Cc3ccccc3O2)c(C)o1. The van der Waals surface area contributed by atoms with Crippen LogP contribution in [0.25, 0.3) is 11.5 Å². The summed E-state index contributed by atoms with van der Waals surface area (Å²) >= 11 is 0. The van der Waals surface area contributed by atoms with Crippen LogP contribution in [0.15, 0.2) is 52.9 Å². The van der Waals surface area contributed by atoms with Gasteiger partial charge in [-0.05, 0) is 37.7 Å². The molecule has 1 atom stereocenters. The highest BCUT2D eigenvalue weighted by Crippen LogP contribution is 2.31. The number of aromatic nitrogens is 1. The molecule has 0 fully saturated rings. The molecule has 0 aliphatic carbocycles. The fraction of sp³-hybridized carbons (Fsp3) is 0.318. The molecule has 0 N–H and O–H groups in total. The molecule has 0 radical (unpaired) electrons. The van der Waals surface area contributed by atoms with E-state index < -0.39 is 0 Å². The molecule has 0 saturated carbocycles. The molecule has 27 heavy (non-hydrogen) atoms. The Morgan fingerprint density at radius 1 is 1.15 bits per heavy atom. The zero-order chi connectivity index (χ0) is 18.8. The van der Waals surface area contributed by atoms with E-state index in [0.29, 0.717) is 12.4 Å². The van der Waals surface area contributed by atoms with Crippen LogP contribution in [-0.2, 0) is 13.0 Å². The van der Waals surface area contributed by atoms with Crippen LogP contribution in [0.5, 0.6) is 11.5 Å². The number of fused-ring (bicyclic) bond motifs is 1. The molecular formula is C22H24N2O3. The van der Waals surface area contributed by atoms with Gasteiger partial charge in [-0.2, -0.15) is 0 Å². The molecule has 4 rings (SSSR count). The van der Waals surface area contributed by atoms with E-state index in [2.05, 4.69) is 24.1 Å². The maximum Gasteiger partial charge on any atom is 0.230 e. The van der Waals surface area contributed by atoms with Gasteiger partial charge in [-0.15, -0.1) is 0 Å². The Balaban J connectivity index is 1.43. The summed E-state index contributed by atoms with van der Waals surface area (Å²) in [5.74, 6) is 3.19. The van der Waals surface area contributed by atoms with E-state index >= 15 is 0 Å². The molecule has 1 aromatic heterocycles. The average molecular weight is 364 g/mol. The number of nitrogens with zero attached hydrogens (tertiary/aromatic N) is 2. The normalized spacial score (nSPS) is 15.6. The Morgan fingerprint density at radius 3 is 2.74 bits per heavy atom. The van der Waals surface area contributed by atoms with Crippen molar-refractivity contribution >= 4 is 0 Å². The third-order valence-electron chi connectivity index (χ3n) is 4.88. The summed E-state index contributed by atoms with van der Waals surface area (Å²) in [6.45, 7) is 3.50. The molecule has 0 bridgehead atoms. The second kappa shape index (κ2) is 7.45. The van der Waals surface area contributed by atoms with Crippen molar-refractivity contribution in [3.8, 4) is 23.0 Å². The summed E-state index contributed by atoms with van der Waals surface area (Å²) in [5, 5.41) is 0. The summed E-state index contributed by atoms with van der Waals surface area (Å²) in [4.78, 5) is 6.94. The van der Waals surface area contributed by atoms with Gasteiger partial charge in [0.1, 0.15) is 23.4 Å². The number of aryl methyl sites for hydroxylation is 1. The highest BCUT2D eigenvalue weighted by Gasteiger charge is 2.24. The first-order chi connectivity index (χ1) is 13.1. The first-order valence-electron chi connectivity index (χ1n) is 9.17. The number of hydrogen-bond donors (Lipinski definition) is 0. The van der Waals surface area contributed by atoms with E-state index in [1.54, 1.807) is 7.11 Å². The minimum atomic E-state index is 0.174. The molecule has 0 saturated heterocycles. The van der Waals surface area contributed by atoms with E-state index in [-0.39, 0.29) is 6.10 Å². The van der Waals surface area contributed by atoms with Gasteiger partial charge in [-0.3, -0.25) is 4.90 Å². The van der Waals surface area contributed by atoms with Crippen molar-refractivity contribution in [3.05, 3.63) is 65.5 Å². The zero-order valence-electron chi connectivity index (χ0n) is 15.9. The molecule has 5 nitrogen and oxygen atoms in total. The topological polar surface area (TPSA) is 47.7 Å². The number of ether oxygens (including phenoxy) is 2. The Morgan fingerprint density at radius 2 is 1.93 bits per heavy atom. The quantitative estimate of drug-likeness (QED) is 0.659. The lowest BCUT2D eigenvalue weighted by molar-refractivity contribution is 0.164. The van der Waals surface area contributed by atoms with E-state index in [0.717, 1.165) is 41.5 Å². The van der Waals surface area contributed by atoms with E-state index in [9.17, 15) is 0 Å². The van der Waals surface area contributed by atoms with Gasteiger partial charge in [-0.25, -0.2) is 4.98 Å². The Hall–Kier alpha value is -2.79. The number of likely N-dealkylation sites (N-methyl/N-ethyl adjacent to an activating group) is 1. The van der Waals surface area contributed by atoms with Crippen molar-refractivity contribution in [3.63, 3.8) is 0 Å². The van der Waals surface area contributed by atoms with E-state index in [4.69, 9.17) is 18.9 Å². The minimum absolute atomic E-state index is 0.174. The highest BCUT2D eigenvalue weighted by atomic mass is 16.5. The number of rotatable bonds is 6. The van der Waals surface area contributed by atoms with Crippen LogP contribution in [-0.4, -0.2) is 36.7 Å². The molecule has 0 unspecified atom stereocenters. The van der Waals surface area contributed by atoms with Gasteiger partial charge in [-0.1, -0.05) is 30.3 Å². The molecule has 1 aliphatic rings.